The molecule has 0 radical (unpaired) electrons. The molecule has 1 atom stereocenters. The SMILES string of the molecule is O=C(OC(C(=O)c1ccccc1)c1ccccc1)c1cccs1. The first kappa shape index (κ1) is 15.2. The van der Waals surface area contributed by atoms with Crippen LogP contribution in [-0.4, -0.2) is 11.8 Å². The average Bonchev–Trinajstić information content (AvgIpc) is 3.15. The minimum Gasteiger partial charge on any atom is -0.445 e. The molecule has 23 heavy (non-hydrogen) atoms. The van der Waals surface area contributed by atoms with Crippen molar-refractivity contribution in [2.45, 2.75) is 6.10 Å². The number of ether oxygens (including phenoxy) is 1. The topological polar surface area (TPSA) is 43.4 Å². The first-order valence-corrected chi connectivity index (χ1v) is 8.02. The van der Waals surface area contributed by atoms with Gasteiger partial charge >= 0.3 is 5.97 Å². The zero-order chi connectivity index (χ0) is 16.1. The average molecular weight is 322 g/mol. The van der Waals surface area contributed by atoms with Crippen molar-refractivity contribution in [3.05, 3.63) is 94.2 Å². The van der Waals surface area contributed by atoms with Crippen LogP contribution < -0.4 is 0 Å². The summed E-state index contributed by atoms with van der Waals surface area (Å²) in [6.45, 7) is 0. The Kier molecular flexibility index (Phi) is 4.64. The molecule has 2 aromatic carbocycles. The minimum atomic E-state index is -0.951. The van der Waals surface area contributed by atoms with E-state index in [0.717, 1.165) is 0 Å². The molecule has 0 aliphatic carbocycles. The molecule has 0 spiro atoms. The summed E-state index contributed by atoms with van der Waals surface area (Å²) in [5, 5.41) is 1.80. The van der Waals surface area contributed by atoms with E-state index in [0.29, 0.717) is 16.0 Å². The molecule has 0 fully saturated rings. The lowest BCUT2D eigenvalue weighted by molar-refractivity contribution is 0.0285. The number of ketones is 1. The minimum absolute atomic E-state index is 0.235. The first-order valence-electron chi connectivity index (χ1n) is 7.14. The van der Waals surface area contributed by atoms with Crippen LogP contribution >= 0.6 is 11.3 Å². The van der Waals surface area contributed by atoms with Crippen LogP contribution in [0.2, 0.25) is 0 Å². The third-order valence-corrected chi connectivity index (χ3v) is 4.20. The fourth-order valence-corrected chi connectivity index (χ4v) is 2.82. The van der Waals surface area contributed by atoms with Crippen LogP contribution in [-0.2, 0) is 4.74 Å². The molecule has 0 aliphatic heterocycles. The summed E-state index contributed by atoms with van der Waals surface area (Å²) >= 11 is 1.29. The summed E-state index contributed by atoms with van der Waals surface area (Å²) in [4.78, 5) is 25.5. The van der Waals surface area contributed by atoms with Crippen molar-refractivity contribution in [3.8, 4) is 0 Å². The molecule has 3 aromatic rings. The van der Waals surface area contributed by atoms with Gasteiger partial charge in [-0.05, 0) is 11.4 Å². The van der Waals surface area contributed by atoms with Gasteiger partial charge in [0.15, 0.2) is 6.10 Å². The highest BCUT2D eigenvalue weighted by Crippen LogP contribution is 2.24. The lowest BCUT2D eigenvalue weighted by Gasteiger charge is -2.17. The summed E-state index contributed by atoms with van der Waals surface area (Å²) in [6.07, 6.45) is -0.951. The van der Waals surface area contributed by atoms with Crippen LogP contribution in [0.4, 0.5) is 0 Å². The maximum atomic E-state index is 12.8. The summed E-state index contributed by atoms with van der Waals surface area (Å²) in [5.41, 5.74) is 1.17. The Hall–Kier alpha value is -2.72. The first-order chi connectivity index (χ1) is 11.3. The highest BCUT2D eigenvalue weighted by Gasteiger charge is 2.26. The maximum Gasteiger partial charge on any atom is 0.349 e. The number of esters is 1. The molecule has 3 rings (SSSR count). The molecular formula is C19H14O3S. The van der Waals surface area contributed by atoms with Gasteiger partial charge in [0.25, 0.3) is 0 Å². The number of thiophene rings is 1. The van der Waals surface area contributed by atoms with Crippen molar-refractivity contribution in [3.63, 3.8) is 0 Å². The normalized spacial score (nSPS) is 11.7. The number of carbonyl (C=O) groups is 2. The number of hydrogen-bond donors (Lipinski definition) is 0. The van der Waals surface area contributed by atoms with Crippen molar-refractivity contribution >= 4 is 23.1 Å². The quantitative estimate of drug-likeness (QED) is 0.512. The summed E-state index contributed by atoms with van der Waals surface area (Å²) in [6, 6.07) is 21.4. The second-order valence-corrected chi connectivity index (χ2v) is 5.85. The highest BCUT2D eigenvalue weighted by atomic mass is 32.1. The molecular weight excluding hydrogens is 308 g/mol. The number of carbonyl (C=O) groups excluding carboxylic acids is 2. The van der Waals surface area contributed by atoms with Crippen LogP contribution in [0, 0.1) is 0 Å². The molecule has 3 nitrogen and oxygen atoms in total. The van der Waals surface area contributed by atoms with Gasteiger partial charge in [0.2, 0.25) is 5.78 Å². The van der Waals surface area contributed by atoms with Crippen molar-refractivity contribution < 1.29 is 14.3 Å². The van der Waals surface area contributed by atoms with Crippen LogP contribution in [0.1, 0.15) is 31.7 Å². The molecule has 0 aliphatic rings. The third-order valence-electron chi connectivity index (χ3n) is 3.35. The van der Waals surface area contributed by atoms with E-state index in [1.165, 1.54) is 11.3 Å². The van der Waals surface area contributed by atoms with Gasteiger partial charge in [-0.15, -0.1) is 11.3 Å². The second kappa shape index (κ2) is 7.03. The number of benzene rings is 2. The van der Waals surface area contributed by atoms with Crippen LogP contribution in [0.25, 0.3) is 0 Å². The molecule has 1 heterocycles. The van der Waals surface area contributed by atoms with E-state index in [1.807, 2.05) is 24.3 Å². The van der Waals surface area contributed by atoms with Crippen molar-refractivity contribution in [1.82, 2.24) is 0 Å². The fourth-order valence-electron chi connectivity index (χ4n) is 2.21. The molecule has 114 valence electrons. The molecule has 0 bridgehead atoms. The summed E-state index contributed by atoms with van der Waals surface area (Å²) < 4.78 is 5.52. The predicted molar refractivity (Wildman–Crippen MR) is 89.7 cm³/mol. The van der Waals surface area contributed by atoms with Gasteiger partial charge in [0.05, 0.1) is 0 Å². The Labute approximate surface area is 138 Å². The van der Waals surface area contributed by atoms with E-state index in [-0.39, 0.29) is 5.78 Å². The Balaban J connectivity index is 1.91. The molecule has 0 amide bonds. The Morgan fingerprint density at radius 3 is 2.09 bits per heavy atom. The Bertz CT molecular complexity index is 780. The monoisotopic (exact) mass is 322 g/mol. The van der Waals surface area contributed by atoms with Crippen molar-refractivity contribution in [2.24, 2.45) is 0 Å². The Morgan fingerprint density at radius 1 is 0.826 bits per heavy atom. The molecule has 1 aromatic heterocycles. The molecule has 0 saturated heterocycles. The fraction of sp³-hybridized carbons (Fsp3) is 0.0526. The zero-order valence-electron chi connectivity index (χ0n) is 12.2. The number of rotatable bonds is 5. The maximum absolute atomic E-state index is 12.8. The van der Waals surface area contributed by atoms with E-state index in [1.54, 1.807) is 53.9 Å². The second-order valence-electron chi connectivity index (χ2n) is 4.90. The van der Waals surface area contributed by atoms with Crippen molar-refractivity contribution in [1.29, 1.82) is 0 Å². The van der Waals surface area contributed by atoms with E-state index in [2.05, 4.69) is 0 Å². The van der Waals surface area contributed by atoms with Gasteiger partial charge in [-0.3, -0.25) is 4.79 Å². The van der Waals surface area contributed by atoms with Gasteiger partial charge in [0.1, 0.15) is 4.88 Å². The number of hydrogen-bond acceptors (Lipinski definition) is 4. The third kappa shape index (κ3) is 3.55. The molecule has 0 N–H and O–H groups in total. The van der Waals surface area contributed by atoms with Gasteiger partial charge in [-0.2, -0.15) is 0 Å². The Morgan fingerprint density at radius 2 is 1.48 bits per heavy atom. The van der Waals surface area contributed by atoms with Gasteiger partial charge in [0, 0.05) is 11.1 Å². The zero-order valence-corrected chi connectivity index (χ0v) is 13.0. The van der Waals surface area contributed by atoms with Crippen LogP contribution in [0.15, 0.2) is 78.2 Å². The van der Waals surface area contributed by atoms with E-state index < -0.39 is 12.1 Å². The highest BCUT2D eigenvalue weighted by molar-refractivity contribution is 7.11. The van der Waals surface area contributed by atoms with E-state index in [9.17, 15) is 9.59 Å². The smallest absolute Gasteiger partial charge is 0.349 e. The summed E-state index contributed by atoms with van der Waals surface area (Å²) in [5.74, 6) is -0.722. The van der Waals surface area contributed by atoms with E-state index in [4.69, 9.17) is 4.74 Å². The lowest BCUT2D eigenvalue weighted by Crippen LogP contribution is -2.19. The van der Waals surface area contributed by atoms with Gasteiger partial charge in [-0.1, -0.05) is 66.7 Å². The largest absolute Gasteiger partial charge is 0.445 e. The van der Waals surface area contributed by atoms with Crippen LogP contribution in [0.5, 0.6) is 0 Å². The van der Waals surface area contributed by atoms with Gasteiger partial charge < -0.3 is 4.74 Å². The van der Waals surface area contributed by atoms with Gasteiger partial charge in [-0.25, -0.2) is 4.79 Å². The predicted octanol–water partition coefficient (Wildman–Crippen LogP) is 4.53. The molecule has 4 heteroatoms. The molecule has 0 saturated carbocycles. The number of Topliss-reactive ketones (excluding diaryl/α,β-unsaturated/α-hetero) is 1. The summed E-state index contributed by atoms with van der Waals surface area (Å²) in [7, 11) is 0. The standard InChI is InChI=1S/C19H14O3S/c20-17(14-8-3-1-4-9-14)18(15-10-5-2-6-11-15)22-19(21)16-12-7-13-23-16/h1-13,18H. The van der Waals surface area contributed by atoms with Crippen molar-refractivity contribution in [2.75, 3.05) is 0 Å². The lowest BCUT2D eigenvalue weighted by atomic mass is 10.00. The molecule has 1 unspecified atom stereocenters. The van der Waals surface area contributed by atoms with E-state index >= 15 is 0 Å². The van der Waals surface area contributed by atoms with Crippen LogP contribution in [0.3, 0.4) is 0 Å².